The number of aryl methyl sites for hydroxylation is 1. The Morgan fingerprint density at radius 2 is 2.00 bits per heavy atom. The van der Waals surface area contributed by atoms with Crippen LogP contribution in [0.3, 0.4) is 0 Å². The average molecular weight is 300 g/mol. The van der Waals surface area contributed by atoms with Gasteiger partial charge >= 0.3 is 0 Å². The molecule has 1 heterocycles. The van der Waals surface area contributed by atoms with Crippen LogP contribution in [0.15, 0.2) is 6.20 Å². The fourth-order valence-corrected chi connectivity index (χ4v) is 2.95. The molecule has 20 heavy (non-hydrogen) atoms. The molecule has 1 saturated carbocycles. The van der Waals surface area contributed by atoms with Crippen LogP contribution in [0.2, 0.25) is 0 Å². The fraction of sp³-hybridized carbons (Fsp3) is 0.812. The van der Waals surface area contributed by atoms with Crippen molar-refractivity contribution in [3.63, 3.8) is 0 Å². The van der Waals surface area contributed by atoms with Crippen LogP contribution in [0.1, 0.15) is 75.6 Å². The molecule has 1 aliphatic rings. The van der Waals surface area contributed by atoms with Crippen LogP contribution in [0.5, 0.6) is 0 Å². The zero-order valence-electron chi connectivity index (χ0n) is 13.0. The fourth-order valence-electron chi connectivity index (χ4n) is 2.95. The standard InChI is InChI=1S/C16H29N3.ClH/c1-3-4-5-8-11-17-12-15-13-19(18-14(15)2)16-9-6-7-10-16;/h13,16-17H,3-12H2,1-2H3;1H. The van der Waals surface area contributed by atoms with E-state index in [2.05, 4.69) is 30.0 Å². The average Bonchev–Trinajstić information content (AvgIpc) is 3.03. The third kappa shape index (κ3) is 5.10. The Hall–Kier alpha value is -0.540. The van der Waals surface area contributed by atoms with Crippen molar-refractivity contribution in [1.82, 2.24) is 15.1 Å². The molecule has 1 aromatic heterocycles. The Balaban J connectivity index is 0.00000200. The lowest BCUT2D eigenvalue weighted by Gasteiger charge is -2.08. The number of rotatable bonds is 8. The van der Waals surface area contributed by atoms with E-state index in [-0.39, 0.29) is 12.4 Å². The Kier molecular flexibility index (Phi) is 8.24. The van der Waals surface area contributed by atoms with Crippen molar-refractivity contribution in [2.45, 2.75) is 77.8 Å². The van der Waals surface area contributed by atoms with Crippen LogP contribution in [0.4, 0.5) is 0 Å². The first-order chi connectivity index (χ1) is 9.31. The molecule has 1 fully saturated rings. The zero-order valence-corrected chi connectivity index (χ0v) is 13.8. The van der Waals surface area contributed by atoms with Crippen LogP contribution in [0, 0.1) is 6.92 Å². The largest absolute Gasteiger partial charge is 0.313 e. The molecule has 1 aromatic rings. The van der Waals surface area contributed by atoms with Gasteiger partial charge in [-0.15, -0.1) is 12.4 Å². The highest BCUT2D eigenvalue weighted by atomic mass is 35.5. The van der Waals surface area contributed by atoms with Crippen LogP contribution in [-0.2, 0) is 6.54 Å². The summed E-state index contributed by atoms with van der Waals surface area (Å²) in [6.45, 7) is 6.51. The normalized spacial score (nSPS) is 15.5. The van der Waals surface area contributed by atoms with Gasteiger partial charge in [0.25, 0.3) is 0 Å². The second-order valence-electron chi connectivity index (χ2n) is 5.90. The summed E-state index contributed by atoms with van der Waals surface area (Å²) in [5.74, 6) is 0. The highest BCUT2D eigenvalue weighted by Gasteiger charge is 2.18. The highest BCUT2D eigenvalue weighted by Crippen LogP contribution is 2.29. The minimum atomic E-state index is 0. The molecule has 0 saturated heterocycles. The van der Waals surface area contributed by atoms with E-state index >= 15 is 0 Å². The molecule has 0 unspecified atom stereocenters. The van der Waals surface area contributed by atoms with Gasteiger partial charge < -0.3 is 5.32 Å². The van der Waals surface area contributed by atoms with Gasteiger partial charge in [-0.05, 0) is 32.7 Å². The molecule has 1 aliphatic carbocycles. The minimum absolute atomic E-state index is 0. The molecule has 0 atom stereocenters. The Morgan fingerprint density at radius 1 is 1.25 bits per heavy atom. The summed E-state index contributed by atoms with van der Waals surface area (Å²) in [5.41, 5.74) is 2.58. The zero-order chi connectivity index (χ0) is 13.5. The monoisotopic (exact) mass is 299 g/mol. The first kappa shape index (κ1) is 17.5. The Labute approximate surface area is 129 Å². The number of hydrogen-bond donors (Lipinski definition) is 1. The molecule has 116 valence electrons. The molecular formula is C16H30ClN3. The molecule has 3 nitrogen and oxygen atoms in total. The van der Waals surface area contributed by atoms with Gasteiger partial charge in [0.05, 0.1) is 11.7 Å². The van der Waals surface area contributed by atoms with Crippen molar-refractivity contribution in [2.75, 3.05) is 6.54 Å². The number of halogens is 1. The molecule has 0 aliphatic heterocycles. The predicted molar refractivity (Wildman–Crippen MR) is 87.6 cm³/mol. The van der Waals surface area contributed by atoms with Crippen molar-refractivity contribution >= 4 is 12.4 Å². The van der Waals surface area contributed by atoms with Crippen molar-refractivity contribution in [1.29, 1.82) is 0 Å². The molecule has 0 bridgehead atoms. The van der Waals surface area contributed by atoms with Gasteiger partial charge in [-0.3, -0.25) is 4.68 Å². The third-order valence-electron chi connectivity index (χ3n) is 4.24. The smallest absolute Gasteiger partial charge is 0.0638 e. The highest BCUT2D eigenvalue weighted by molar-refractivity contribution is 5.85. The van der Waals surface area contributed by atoms with Gasteiger partial charge in [-0.25, -0.2) is 0 Å². The second kappa shape index (κ2) is 9.41. The Morgan fingerprint density at radius 3 is 2.70 bits per heavy atom. The predicted octanol–water partition coefficient (Wildman–Crippen LogP) is 4.40. The molecule has 0 amide bonds. The van der Waals surface area contributed by atoms with E-state index in [1.54, 1.807) is 0 Å². The van der Waals surface area contributed by atoms with Crippen LogP contribution in [-0.4, -0.2) is 16.3 Å². The number of unbranched alkanes of at least 4 members (excludes halogenated alkanes) is 3. The summed E-state index contributed by atoms with van der Waals surface area (Å²) in [6, 6.07) is 0.664. The Bertz CT molecular complexity index is 370. The SMILES string of the molecule is CCCCCCNCc1cn(C2CCCC2)nc1C.Cl. The summed E-state index contributed by atoms with van der Waals surface area (Å²) >= 11 is 0. The van der Waals surface area contributed by atoms with Gasteiger partial charge in [0.1, 0.15) is 0 Å². The maximum absolute atomic E-state index is 4.70. The summed E-state index contributed by atoms with van der Waals surface area (Å²) < 4.78 is 2.22. The van der Waals surface area contributed by atoms with Crippen molar-refractivity contribution in [3.8, 4) is 0 Å². The maximum atomic E-state index is 4.70. The summed E-state index contributed by atoms with van der Waals surface area (Å²) in [6.07, 6.45) is 12.9. The molecule has 0 radical (unpaired) electrons. The molecule has 4 heteroatoms. The quantitative estimate of drug-likeness (QED) is 0.721. The topological polar surface area (TPSA) is 29.9 Å². The summed E-state index contributed by atoms with van der Waals surface area (Å²) in [4.78, 5) is 0. The van der Waals surface area contributed by atoms with Crippen molar-refractivity contribution in [2.24, 2.45) is 0 Å². The van der Waals surface area contributed by atoms with Crippen molar-refractivity contribution < 1.29 is 0 Å². The molecule has 1 N–H and O–H groups in total. The number of nitrogens with zero attached hydrogens (tertiary/aromatic N) is 2. The van der Waals surface area contributed by atoms with E-state index < -0.39 is 0 Å². The van der Waals surface area contributed by atoms with Gasteiger partial charge in [0, 0.05) is 18.3 Å². The van der Waals surface area contributed by atoms with E-state index in [0.717, 1.165) is 13.1 Å². The number of aromatic nitrogens is 2. The van der Waals surface area contributed by atoms with E-state index in [1.165, 1.54) is 62.6 Å². The molecule has 0 aromatic carbocycles. The van der Waals surface area contributed by atoms with Crippen molar-refractivity contribution in [3.05, 3.63) is 17.5 Å². The molecule has 0 spiro atoms. The van der Waals surface area contributed by atoms with E-state index in [4.69, 9.17) is 5.10 Å². The number of hydrogen-bond acceptors (Lipinski definition) is 2. The first-order valence-electron chi connectivity index (χ1n) is 8.06. The van der Waals surface area contributed by atoms with Gasteiger partial charge in [-0.1, -0.05) is 39.0 Å². The van der Waals surface area contributed by atoms with Crippen LogP contribution in [0.25, 0.3) is 0 Å². The van der Waals surface area contributed by atoms with E-state index in [1.807, 2.05) is 0 Å². The summed E-state index contributed by atoms with van der Waals surface area (Å²) in [7, 11) is 0. The maximum Gasteiger partial charge on any atom is 0.0638 e. The van der Waals surface area contributed by atoms with E-state index in [0.29, 0.717) is 6.04 Å². The lowest BCUT2D eigenvalue weighted by molar-refractivity contribution is 0.464. The summed E-state index contributed by atoms with van der Waals surface area (Å²) in [5, 5.41) is 8.25. The lowest BCUT2D eigenvalue weighted by Crippen LogP contribution is -2.14. The molecule has 2 rings (SSSR count). The van der Waals surface area contributed by atoms with Gasteiger partial charge in [0.15, 0.2) is 0 Å². The van der Waals surface area contributed by atoms with Gasteiger partial charge in [-0.2, -0.15) is 5.10 Å². The van der Waals surface area contributed by atoms with Crippen LogP contribution < -0.4 is 5.32 Å². The lowest BCUT2D eigenvalue weighted by atomic mass is 10.2. The molecular weight excluding hydrogens is 270 g/mol. The minimum Gasteiger partial charge on any atom is -0.313 e. The van der Waals surface area contributed by atoms with E-state index in [9.17, 15) is 0 Å². The first-order valence-corrected chi connectivity index (χ1v) is 8.06. The number of nitrogens with one attached hydrogen (secondary N) is 1. The second-order valence-corrected chi connectivity index (χ2v) is 5.90. The third-order valence-corrected chi connectivity index (χ3v) is 4.24. The van der Waals surface area contributed by atoms with Gasteiger partial charge in [0.2, 0.25) is 0 Å². The van der Waals surface area contributed by atoms with Crippen LogP contribution >= 0.6 is 12.4 Å².